The lowest BCUT2D eigenvalue weighted by Gasteiger charge is -2.47. The number of aryl methyl sites for hydroxylation is 1. The maximum Gasteiger partial charge on any atom is 0.271 e. The number of rotatable bonds is 6. The normalized spacial score (nSPS) is 23.6. The van der Waals surface area contributed by atoms with E-state index in [0.29, 0.717) is 17.8 Å². The molecule has 1 N–H and O–H groups in total. The zero-order valence-corrected chi connectivity index (χ0v) is 18.8. The van der Waals surface area contributed by atoms with Crippen LogP contribution < -0.4 is 5.32 Å². The van der Waals surface area contributed by atoms with E-state index in [9.17, 15) is 9.59 Å². The first-order chi connectivity index (χ1) is 14.3. The third kappa shape index (κ3) is 3.54. The highest BCUT2D eigenvalue weighted by Crippen LogP contribution is 2.36. The second-order valence-corrected chi connectivity index (χ2v) is 9.47. The van der Waals surface area contributed by atoms with E-state index >= 15 is 0 Å². The van der Waals surface area contributed by atoms with Gasteiger partial charge in [-0.3, -0.25) is 9.59 Å². The SMILES string of the molecule is CCCCC(C)N1C(=O)c2cc3oc(C)cc3n2CC1(C)C(=O)NC1CCCCC1. The van der Waals surface area contributed by atoms with E-state index in [1.165, 1.54) is 6.42 Å². The highest BCUT2D eigenvalue weighted by molar-refractivity contribution is 6.03. The van der Waals surface area contributed by atoms with E-state index in [2.05, 4.69) is 19.2 Å². The van der Waals surface area contributed by atoms with Gasteiger partial charge in [-0.05, 0) is 40.0 Å². The minimum atomic E-state index is -0.925. The Kier molecular flexibility index (Phi) is 5.69. The van der Waals surface area contributed by atoms with Crippen LogP contribution in [0.4, 0.5) is 0 Å². The molecule has 0 radical (unpaired) electrons. The first-order valence-electron chi connectivity index (χ1n) is 11.6. The summed E-state index contributed by atoms with van der Waals surface area (Å²) in [6.45, 7) is 8.53. The van der Waals surface area contributed by atoms with Gasteiger partial charge >= 0.3 is 0 Å². The summed E-state index contributed by atoms with van der Waals surface area (Å²) in [4.78, 5) is 29.2. The molecule has 2 amide bonds. The molecule has 2 unspecified atom stereocenters. The van der Waals surface area contributed by atoms with Gasteiger partial charge < -0.3 is 19.2 Å². The van der Waals surface area contributed by atoms with Gasteiger partial charge in [0.25, 0.3) is 5.91 Å². The van der Waals surface area contributed by atoms with Crippen LogP contribution in [-0.4, -0.2) is 38.9 Å². The molecule has 2 aromatic rings. The number of hydrogen-bond donors (Lipinski definition) is 1. The number of aromatic nitrogens is 1. The van der Waals surface area contributed by atoms with Crippen molar-refractivity contribution in [3.05, 3.63) is 23.6 Å². The first kappa shape index (κ1) is 21.0. The Morgan fingerprint density at radius 3 is 2.73 bits per heavy atom. The van der Waals surface area contributed by atoms with Crippen LogP contribution in [0.15, 0.2) is 16.5 Å². The van der Waals surface area contributed by atoms with Crippen molar-refractivity contribution in [2.45, 2.75) is 103 Å². The highest BCUT2D eigenvalue weighted by atomic mass is 16.3. The molecule has 0 saturated heterocycles. The molecule has 164 valence electrons. The minimum absolute atomic E-state index is 0.00348. The van der Waals surface area contributed by atoms with Gasteiger partial charge in [-0.15, -0.1) is 0 Å². The average molecular weight is 414 g/mol. The maximum atomic E-state index is 13.7. The number of furan rings is 1. The number of carbonyl (C=O) groups is 2. The number of amides is 2. The van der Waals surface area contributed by atoms with Gasteiger partial charge in [0.05, 0.1) is 12.1 Å². The van der Waals surface area contributed by atoms with E-state index in [-0.39, 0.29) is 23.9 Å². The molecule has 0 spiro atoms. The smallest absolute Gasteiger partial charge is 0.271 e. The number of fused-ring (bicyclic) bond motifs is 3. The fourth-order valence-electron chi connectivity index (χ4n) is 5.33. The van der Waals surface area contributed by atoms with E-state index < -0.39 is 5.54 Å². The standard InChI is InChI=1S/C24H35N3O3/c1-5-6-10-16(2)27-22(28)20-14-21-19(13-17(3)30-21)26(20)15-24(27,4)23(29)25-18-11-8-7-9-12-18/h13-14,16,18H,5-12,15H2,1-4H3,(H,25,29). The van der Waals surface area contributed by atoms with Crippen LogP contribution in [0.3, 0.4) is 0 Å². The lowest BCUT2D eigenvalue weighted by atomic mass is 9.89. The van der Waals surface area contributed by atoms with Gasteiger partial charge in [-0.25, -0.2) is 0 Å². The van der Waals surface area contributed by atoms with E-state index in [1.807, 2.05) is 35.4 Å². The topological polar surface area (TPSA) is 67.5 Å². The molecule has 30 heavy (non-hydrogen) atoms. The summed E-state index contributed by atoms with van der Waals surface area (Å²) < 4.78 is 7.77. The predicted molar refractivity (Wildman–Crippen MR) is 118 cm³/mol. The minimum Gasteiger partial charge on any atom is -0.460 e. The summed E-state index contributed by atoms with van der Waals surface area (Å²) in [5, 5.41) is 3.30. The van der Waals surface area contributed by atoms with Gasteiger partial charge in [-0.2, -0.15) is 0 Å². The number of hydrogen-bond acceptors (Lipinski definition) is 3. The molecule has 1 aliphatic carbocycles. The van der Waals surface area contributed by atoms with Crippen molar-refractivity contribution in [2.24, 2.45) is 0 Å². The largest absolute Gasteiger partial charge is 0.460 e. The first-order valence-corrected chi connectivity index (χ1v) is 11.6. The molecule has 0 bridgehead atoms. The molecule has 1 aliphatic heterocycles. The zero-order valence-electron chi connectivity index (χ0n) is 18.8. The summed E-state index contributed by atoms with van der Waals surface area (Å²) in [5.74, 6) is 0.712. The van der Waals surface area contributed by atoms with Crippen LogP contribution in [-0.2, 0) is 11.3 Å². The molecule has 4 rings (SSSR count). The van der Waals surface area contributed by atoms with Crippen molar-refractivity contribution in [2.75, 3.05) is 0 Å². The van der Waals surface area contributed by atoms with Gasteiger partial charge in [0.2, 0.25) is 5.91 Å². The lowest BCUT2D eigenvalue weighted by molar-refractivity contribution is -0.135. The van der Waals surface area contributed by atoms with Crippen LogP contribution in [0.1, 0.15) is 88.4 Å². The predicted octanol–water partition coefficient (Wildman–Crippen LogP) is 4.78. The number of nitrogens with zero attached hydrogens (tertiary/aromatic N) is 2. The molecule has 6 heteroatoms. The zero-order chi connectivity index (χ0) is 21.5. The number of carbonyl (C=O) groups excluding carboxylic acids is 2. The van der Waals surface area contributed by atoms with Crippen molar-refractivity contribution in [1.82, 2.24) is 14.8 Å². The molecule has 0 aromatic carbocycles. The Balaban J connectivity index is 1.71. The second-order valence-electron chi connectivity index (χ2n) is 9.47. The van der Waals surface area contributed by atoms with Crippen molar-refractivity contribution >= 4 is 22.9 Å². The Bertz CT molecular complexity index is 937. The quantitative estimate of drug-likeness (QED) is 0.741. The van der Waals surface area contributed by atoms with Crippen LogP contribution in [0.5, 0.6) is 0 Å². The Labute approximate surface area is 179 Å². The summed E-state index contributed by atoms with van der Waals surface area (Å²) in [6, 6.07) is 4.01. The second kappa shape index (κ2) is 8.12. The number of unbranched alkanes of at least 4 members (excludes halogenated alkanes) is 1. The summed E-state index contributed by atoms with van der Waals surface area (Å²) in [7, 11) is 0. The summed E-state index contributed by atoms with van der Waals surface area (Å²) in [6.07, 6.45) is 8.62. The van der Waals surface area contributed by atoms with Crippen LogP contribution in [0, 0.1) is 6.92 Å². The van der Waals surface area contributed by atoms with Crippen molar-refractivity contribution in [3.8, 4) is 0 Å². The van der Waals surface area contributed by atoms with Crippen molar-refractivity contribution < 1.29 is 14.0 Å². The van der Waals surface area contributed by atoms with Crippen LogP contribution in [0.2, 0.25) is 0 Å². The third-order valence-corrected chi connectivity index (χ3v) is 6.99. The van der Waals surface area contributed by atoms with Gasteiger partial charge in [0.1, 0.15) is 17.0 Å². The van der Waals surface area contributed by atoms with Crippen molar-refractivity contribution in [1.29, 1.82) is 0 Å². The third-order valence-electron chi connectivity index (χ3n) is 6.99. The Hall–Kier alpha value is -2.24. The fraction of sp³-hybridized carbons (Fsp3) is 0.667. The molecule has 6 nitrogen and oxygen atoms in total. The molecular formula is C24H35N3O3. The Morgan fingerprint density at radius 1 is 1.30 bits per heavy atom. The maximum absolute atomic E-state index is 13.7. The summed E-state index contributed by atoms with van der Waals surface area (Å²) in [5.41, 5.74) is 1.31. The number of nitrogens with one attached hydrogen (secondary N) is 1. The van der Waals surface area contributed by atoms with E-state index in [0.717, 1.165) is 56.2 Å². The van der Waals surface area contributed by atoms with Crippen molar-refractivity contribution in [3.63, 3.8) is 0 Å². The summed E-state index contributed by atoms with van der Waals surface area (Å²) >= 11 is 0. The van der Waals surface area contributed by atoms with Gasteiger partial charge in [0, 0.05) is 24.2 Å². The highest BCUT2D eigenvalue weighted by Gasteiger charge is 2.50. The molecule has 2 atom stereocenters. The van der Waals surface area contributed by atoms with E-state index in [1.54, 1.807) is 0 Å². The lowest BCUT2D eigenvalue weighted by Crippen LogP contribution is -2.67. The van der Waals surface area contributed by atoms with Crippen LogP contribution in [0.25, 0.3) is 11.1 Å². The van der Waals surface area contributed by atoms with E-state index in [4.69, 9.17) is 4.42 Å². The molecular weight excluding hydrogens is 378 g/mol. The fourth-order valence-corrected chi connectivity index (χ4v) is 5.33. The Morgan fingerprint density at radius 2 is 2.03 bits per heavy atom. The molecule has 2 aliphatic rings. The van der Waals surface area contributed by atoms with Crippen LogP contribution >= 0.6 is 0 Å². The average Bonchev–Trinajstić information content (AvgIpc) is 3.24. The molecule has 1 fully saturated rings. The monoisotopic (exact) mass is 413 g/mol. The molecule has 2 aromatic heterocycles. The van der Waals surface area contributed by atoms with Gasteiger partial charge in [0.15, 0.2) is 5.58 Å². The van der Waals surface area contributed by atoms with Gasteiger partial charge in [-0.1, -0.05) is 39.0 Å². The molecule has 1 saturated carbocycles. The molecule has 3 heterocycles.